The average molecular weight is 442 g/mol. The highest BCUT2D eigenvalue weighted by atomic mass is 35.5. The molecular formula is C22H28ClN7O. The molecule has 0 spiro atoms. The summed E-state index contributed by atoms with van der Waals surface area (Å²) in [6, 6.07) is 6.32. The fraction of sp³-hybridized carbons (Fsp3) is 0.409. The van der Waals surface area contributed by atoms with Gasteiger partial charge >= 0.3 is 0 Å². The molecule has 0 saturated heterocycles. The summed E-state index contributed by atoms with van der Waals surface area (Å²) in [6.07, 6.45) is 9.48. The van der Waals surface area contributed by atoms with Crippen LogP contribution >= 0.6 is 11.6 Å². The number of halogens is 1. The van der Waals surface area contributed by atoms with E-state index in [9.17, 15) is 5.11 Å². The first-order valence-corrected chi connectivity index (χ1v) is 11.0. The van der Waals surface area contributed by atoms with E-state index in [1.807, 2.05) is 31.3 Å². The summed E-state index contributed by atoms with van der Waals surface area (Å²) in [4.78, 5) is 9.30. The number of nitrogens with one attached hydrogen (secondary N) is 2. The molecule has 3 aromatic rings. The Morgan fingerprint density at radius 3 is 2.77 bits per heavy atom. The molecule has 0 radical (unpaired) electrons. The molecule has 2 aromatic heterocycles. The highest BCUT2D eigenvalue weighted by Crippen LogP contribution is 2.30. The van der Waals surface area contributed by atoms with Gasteiger partial charge in [0.1, 0.15) is 5.82 Å². The van der Waals surface area contributed by atoms with Gasteiger partial charge in [0.2, 0.25) is 5.95 Å². The molecule has 31 heavy (non-hydrogen) atoms. The molecular weight excluding hydrogens is 414 g/mol. The molecule has 0 amide bonds. The second-order valence-electron chi connectivity index (χ2n) is 8.02. The van der Waals surface area contributed by atoms with Crippen molar-refractivity contribution in [3.05, 3.63) is 47.4 Å². The summed E-state index contributed by atoms with van der Waals surface area (Å²) in [7, 11) is 0. The fourth-order valence-electron chi connectivity index (χ4n) is 3.80. The van der Waals surface area contributed by atoms with E-state index in [1.54, 1.807) is 17.1 Å². The molecule has 1 aliphatic rings. The minimum Gasteiger partial charge on any atom is -0.394 e. The molecule has 1 aromatic carbocycles. The number of nitrogens with zero attached hydrogens (tertiary/aromatic N) is 4. The number of hydrogen-bond donors (Lipinski definition) is 4. The fourth-order valence-corrected chi connectivity index (χ4v) is 3.92. The van der Waals surface area contributed by atoms with Gasteiger partial charge in [-0.15, -0.1) is 0 Å². The second kappa shape index (κ2) is 9.64. The number of aliphatic hydroxyl groups excluding tert-OH is 1. The molecule has 9 heteroatoms. The monoisotopic (exact) mass is 441 g/mol. The third kappa shape index (κ3) is 5.33. The number of benzene rings is 1. The number of rotatable bonds is 7. The summed E-state index contributed by atoms with van der Waals surface area (Å²) >= 11 is 6.14. The Bertz CT molecular complexity index is 1030. The molecule has 164 valence electrons. The largest absolute Gasteiger partial charge is 0.394 e. The summed E-state index contributed by atoms with van der Waals surface area (Å²) in [5, 5.41) is 21.1. The quantitative estimate of drug-likeness (QED) is 0.441. The zero-order valence-electron chi connectivity index (χ0n) is 17.6. The normalized spacial score (nSPS) is 18.7. The maximum atomic E-state index is 9.18. The van der Waals surface area contributed by atoms with Crippen LogP contribution in [0.2, 0.25) is 5.02 Å². The van der Waals surface area contributed by atoms with Crippen molar-refractivity contribution in [2.24, 2.45) is 5.73 Å². The zero-order valence-corrected chi connectivity index (χ0v) is 18.3. The third-order valence-corrected chi connectivity index (χ3v) is 6.01. The topological polar surface area (TPSA) is 114 Å². The van der Waals surface area contributed by atoms with Crippen LogP contribution in [0.15, 0.2) is 36.8 Å². The SMILES string of the molecule is Cc1cc(Nc2ncc(-c3cnn(CCO)c3)c(NC3CCC(N)CC3)n2)ccc1Cl. The number of aryl methyl sites for hydroxylation is 1. The van der Waals surface area contributed by atoms with E-state index in [0.29, 0.717) is 18.5 Å². The van der Waals surface area contributed by atoms with Gasteiger partial charge in [-0.25, -0.2) is 4.98 Å². The molecule has 8 nitrogen and oxygen atoms in total. The molecule has 0 aliphatic heterocycles. The summed E-state index contributed by atoms with van der Waals surface area (Å²) in [5.74, 6) is 1.26. The van der Waals surface area contributed by atoms with Crippen molar-refractivity contribution in [2.75, 3.05) is 17.2 Å². The minimum atomic E-state index is 0.0361. The van der Waals surface area contributed by atoms with Crippen LogP contribution in [0.3, 0.4) is 0 Å². The van der Waals surface area contributed by atoms with E-state index in [1.165, 1.54) is 0 Å². The van der Waals surface area contributed by atoms with Crippen LogP contribution < -0.4 is 16.4 Å². The number of nitrogens with two attached hydrogens (primary N) is 1. The average Bonchev–Trinajstić information content (AvgIpc) is 3.21. The highest BCUT2D eigenvalue weighted by Gasteiger charge is 2.21. The molecule has 0 unspecified atom stereocenters. The molecule has 5 N–H and O–H groups in total. The highest BCUT2D eigenvalue weighted by molar-refractivity contribution is 6.31. The summed E-state index contributed by atoms with van der Waals surface area (Å²) in [6.45, 7) is 2.44. The molecule has 1 saturated carbocycles. The van der Waals surface area contributed by atoms with Crippen molar-refractivity contribution >= 4 is 29.1 Å². The Labute approximate surface area is 186 Å². The number of hydrogen-bond acceptors (Lipinski definition) is 7. The summed E-state index contributed by atoms with van der Waals surface area (Å²) in [5.41, 5.74) is 9.70. The summed E-state index contributed by atoms with van der Waals surface area (Å²) < 4.78 is 1.71. The van der Waals surface area contributed by atoms with Crippen molar-refractivity contribution in [1.82, 2.24) is 19.7 Å². The van der Waals surface area contributed by atoms with Gasteiger partial charge in [-0.05, 0) is 56.4 Å². The Morgan fingerprint density at radius 2 is 2.03 bits per heavy atom. The number of aliphatic hydroxyl groups is 1. The van der Waals surface area contributed by atoms with Gasteiger partial charge in [0.25, 0.3) is 0 Å². The van der Waals surface area contributed by atoms with Crippen LogP contribution in [0.25, 0.3) is 11.1 Å². The predicted molar refractivity (Wildman–Crippen MR) is 124 cm³/mol. The van der Waals surface area contributed by atoms with Crippen LogP contribution in [0, 0.1) is 6.92 Å². The van der Waals surface area contributed by atoms with Gasteiger partial charge in [0.05, 0.1) is 19.3 Å². The van der Waals surface area contributed by atoms with Crippen molar-refractivity contribution in [3.8, 4) is 11.1 Å². The van der Waals surface area contributed by atoms with Crippen LogP contribution in [0.5, 0.6) is 0 Å². The van der Waals surface area contributed by atoms with Gasteiger partial charge < -0.3 is 21.5 Å². The Hall–Kier alpha value is -2.68. The molecule has 0 bridgehead atoms. The van der Waals surface area contributed by atoms with Gasteiger partial charge in [-0.2, -0.15) is 10.1 Å². The predicted octanol–water partition coefficient (Wildman–Crippen LogP) is 3.72. The van der Waals surface area contributed by atoms with Crippen LogP contribution in [0.4, 0.5) is 17.5 Å². The first kappa shape index (κ1) is 21.5. The lowest BCUT2D eigenvalue weighted by Gasteiger charge is -2.28. The standard InChI is InChI=1S/C22H28ClN7O/c1-14-10-18(6-7-20(14)23)28-22-25-12-19(15-11-26-30(13-15)8-9-31)21(29-22)27-17-4-2-16(24)3-5-17/h6-7,10-13,16-17,31H,2-5,8-9,24H2,1H3,(H2,25,27,28,29). The second-order valence-corrected chi connectivity index (χ2v) is 8.42. The van der Waals surface area contributed by atoms with Crippen molar-refractivity contribution in [2.45, 2.75) is 51.2 Å². The smallest absolute Gasteiger partial charge is 0.229 e. The number of aromatic nitrogens is 4. The first-order chi connectivity index (χ1) is 15.0. The van der Waals surface area contributed by atoms with Gasteiger partial charge in [0.15, 0.2) is 0 Å². The van der Waals surface area contributed by atoms with Crippen molar-refractivity contribution in [3.63, 3.8) is 0 Å². The minimum absolute atomic E-state index is 0.0361. The van der Waals surface area contributed by atoms with Crippen LogP contribution in [-0.2, 0) is 6.54 Å². The van der Waals surface area contributed by atoms with E-state index in [0.717, 1.165) is 58.9 Å². The maximum Gasteiger partial charge on any atom is 0.229 e. The molecule has 1 fully saturated rings. The van der Waals surface area contributed by atoms with Gasteiger partial charge in [0, 0.05) is 46.3 Å². The van der Waals surface area contributed by atoms with Crippen molar-refractivity contribution < 1.29 is 5.11 Å². The molecule has 1 aliphatic carbocycles. The van der Waals surface area contributed by atoms with E-state index in [4.69, 9.17) is 22.3 Å². The lowest BCUT2D eigenvalue weighted by Crippen LogP contribution is -2.33. The number of anilines is 3. The maximum absolute atomic E-state index is 9.18. The molecule has 4 rings (SSSR count). The Kier molecular flexibility index (Phi) is 6.70. The molecule has 2 heterocycles. The van der Waals surface area contributed by atoms with Crippen molar-refractivity contribution in [1.29, 1.82) is 0 Å². The lowest BCUT2D eigenvalue weighted by atomic mass is 9.91. The third-order valence-electron chi connectivity index (χ3n) is 5.59. The van der Waals surface area contributed by atoms with E-state index >= 15 is 0 Å². The first-order valence-electron chi connectivity index (χ1n) is 10.6. The van der Waals surface area contributed by atoms with E-state index in [2.05, 4.69) is 20.7 Å². The Balaban J connectivity index is 1.62. The molecule has 0 atom stereocenters. The van der Waals surface area contributed by atoms with Gasteiger partial charge in [-0.1, -0.05) is 11.6 Å². The zero-order chi connectivity index (χ0) is 21.8. The Morgan fingerprint density at radius 1 is 1.23 bits per heavy atom. The van der Waals surface area contributed by atoms with Crippen LogP contribution in [0.1, 0.15) is 31.2 Å². The lowest BCUT2D eigenvalue weighted by molar-refractivity contribution is 0.269. The van der Waals surface area contributed by atoms with Crippen LogP contribution in [-0.4, -0.2) is 43.5 Å². The van der Waals surface area contributed by atoms with E-state index < -0.39 is 0 Å². The van der Waals surface area contributed by atoms with Gasteiger partial charge in [-0.3, -0.25) is 4.68 Å². The van der Waals surface area contributed by atoms with E-state index in [-0.39, 0.29) is 12.6 Å².